The van der Waals surface area contributed by atoms with E-state index in [1.165, 1.54) is 38.1 Å². The van der Waals surface area contributed by atoms with Crippen LogP contribution >= 0.6 is 0 Å². The molecule has 2 rings (SSSR count). The predicted molar refractivity (Wildman–Crippen MR) is 119 cm³/mol. The first-order chi connectivity index (χ1) is 16.2. The van der Waals surface area contributed by atoms with Gasteiger partial charge in [0.1, 0.15) is 0 Å². The van der Waals surface area contributed by atoms with E-state index in [-0.39, 0.29) is 24.5 Å². The minimum absolute atomic E-state index is 0.107. The number of ether oxygens (including phenoxy) is 3. The van der Waals surface area contributed by atoms with Gasteiger partial charge in [-0.15, -0.1) is 0 Å². The number of nitro groups is 1. The van der Waals surface area contributed by atoms with Crippen LogP contribution in [0.3, 0.4) is 0 Å². The number of Topliss-reactive ketones (excluding diaryl/α,β-unsaturated/α-hetero) is 1. The van der Waals surface area contributed by atoms with Crippen molar-refractivity contribution in [1.29, 1.82) is 0 Å². The summed E-state index contributed by atoms with van der Waals surface area (Å²) in [5, 5.41) is 10.9. The fourth-order valence-electron chi connectivity index (χ4n) is 3.48. The van der Waals surface area contributed by atoms with E-state index < -0.39 is 46.6 Å². The van der Waals surface area contributed by atoms with E-state index >= 15 is 0 Å². The van der Waals surface area contributed by atoms with Crippen molar-refractivity contribution in [2.75, 3.05) is 13.2 Å². The molecule has 10 nitrogen and oxygen atoms in total. The molecule has 0 fully saturated rings. The molecule has 0 aromatic heterocycles. The maximum absolute atomic E-state index is 13.2. The molecule has 0 radical (unpaired) electrons. The molecule has 2 aromatic rings. The lowest BCUT2D eigenvalue weighted by atomic mass is 9.77. The number of hydrogen-bond donors (Lipinski definition) is 0. The largest absolute Gasteiger partial charge is 0.463 e. The van der Waals surface area contributed by atoms with E-state index in [0.717, 1.165) is 6.92 Å². The Bertz CT molecular complexity index is 1030. The molecule has 0 aliphatic rings. The van der Waals surface area contributed by atoms with Crippen LogP contribution in [-0.4, -0.2) is 47.4 Å². The van der Waals surface area contributed by atoms with Gasteiger partial charge < -0.3 is 14.2 Å². The number of carbonyl (C=O) groups is 4. The zero-order valence-corrected chi connectivity index (χ0v) is 19.0. The number of hydrogen-bond acceptors (Lipinski definition) is 9. The highest BCUT2D eigenvalue weighted by atomic mass is 16.6. The van der Waals surface area contributed by atoms with E-state index in [4.69, 9.17) is 14.2 Å². The Morgan fingerprint density at radius 1 is 0.912 bits per heavy atom. The summed E-state index contributed by atoms with van der Waals surface area (Å²) in [7, 11) is 0. The summed E-state index contributed by atoms with van der Waals surface area (Å²) in [5.74, 6) is -5.15. The topological polar surface area (TPSA) is 139 Å². The molecule has 0 aliphatic heterocycles. The molecule has 180 valence electrons. The summed E-state index contributed by atoms with van der Waals surface area (Å²) in [6.07, 6.45) is -0.466. The number of carbonyl (C=O) groups excluding carboxylic acids is 4. The van der Waals surface area contributed by atoms with Crippen molar-refractivity contribution in [2.24, 2.45) is 0 Å². The summed E-state index contributed by atoms with van der Waals surface area (Å²) < 4.78 is 15.5. The lowest BCUT2D eigenvalue weighted by molar-refractivity contribution is -0.384. The van der Waals surface area contributed by atoms with E-state index in [2.05, 4.69) is 0 Å². The average Bonchev–Trinajstić information content (AvgIpc) is 2.81. The molecule has 0 saturated heterocycles. The second-order valence-electron chi connectivity index (χ2n) is 7.16. The van der Waals surface area contributed by atoms with Gasteiger partial charge in [0.25, 0.3) is 5.69 Å². The highest BCUT2D eigenvalue weighted by Crippen LogP contribution is 2.38. The molecule has 0 amide bonds. The number of rotatable bonds is 11. The van der Waals surface area contributed by atoms with Gasteiger partial charge in [0.15, 0.2) is 5.78 Å². The first-order valence-corrected chi connectivity index (χ1v) is 10.5. The maximum Gasteiger partial charge on any atom is 0.363 e. The molecule has 1 atom stereocenters. The Hall–Kier alpha value is -4.08. The van der Waals surface area contributed by atoms with Gasteiger partial charge in [-0.3, -0.25) is 19.7 Å². The second-order valence-corrected chi connectivity index (χ2v) is 7.16. The molecule has 10 heteroatoms. The fourth-order valence-corrected chi connectivity index (χ4v) is 3.48. The summed E-state index contributed by atoms with van der Waals surface area (Å²) in [6.45, 7) is 3.80. The van der Waals surface area contributed by atoms with Crippen LogP contribution in [0.2, 0.25) is 0 Å². The standard InChI is InChI=1S/C24H25NO9/c1-4-32-22(28)24(34-16(3)26,23(29)33-5-2)20(17-9-7-6-8-10-17)15-21(27)18-11-13-19(14-12-18)25(30)31/h6-14,20H,4-5,15H2,1-3H3. The third-order valence-electron chi connectivity index (χ3n) is 4.94. The molecule has 0 aliphatic carbocycles. The highest BCUT2D eigenvalue weighted by Gasteiger charge is 2.59. The van der Waals surface area contributed by atoms with E-state index in [1.807, 2.05) is 0 Å². The molecule has 34 heavy (non-hydrogen) atoms. The van der Waals surface area contributed by atoms with Gasteiger partial charge in [-0.2, -0.15) is 0 Å². The molecular formula is C24H25NO9. The number of esters is 3. The van der Waals surface area contributed by atoms with Crippen LogP contribution in [0.15, 0.2) is 54.6 Å². The Morgan fingerprint density at radius 3 is 1.88 bits per heavy atom. The summed E-state index contributed by atoms with van der Waals surface area (Å²) in [5.41, 5.74) is -2.34. The van der Waals surface area contributed by atoms with Crippen molar-refractivity contribution in [2.45, 2.75) is 38.7 Å². The smallest absolute Gasteiger partial charge is 0.363 e. The Balaban J connectivity index is 2.66. The first-order valence-electron chi connectivity index (χ1n) is 10.5. The maximum atomic E-state index is 13.2. The Kier molecular flexibility index (Phi) is 9.00. The molecule has 0 bridgehead atoms. The lowest BCUT2D eigenvalue weighted by Crippen LogP contribution is -2.56. The fraction of sp³-hybridized carbons (Fsp3) is 0.333. The van der Waals surface area contributed by atoms with Crippen LogP contribution < -0.4 is 0 Å². The number of ketones is 1. The average molecular weight is 471 g/mol. The van der Waals surface area contributed by atoms with Gasteiger partial charge in [-0.25, -0.2) is 9.59 Å². The second kappa shape index (κ2) is 11.7. The normalized spacial score (nSPS) is 11.7. The molecular weight excluding hydrogens is 446 g/mol. The molecule has 2 aromatic carbocycles. The van der Waals surface area contributed by atoms with Gasteiger partial charge in [-0.05, 0) is 31.5 Å². The zero-order chi connectivity index (χ0) is 25.3. The predicted octanol–water partition coefficient (Wildman–Crippen LogP) is 3.38. The number of benzene rings is 2. The van der Waals surface area contributed by atoms with Crippen molar-refractivity contribution in [3.05, 3.63) is 75.8 Å². The van der Waals surface area contributed by atoms with Crippen molar-refractivity contribution in [3.8, 4) is 0 Å². The van der Waals surface area contributed by atoms with Crippen molar-refractivity contribution < 1.29 is 38.3 Å². The van der Waals surface area contributed by atoms with Gasteiger partial charge in [0.05, 0.1) is 24.1 Å². The summed E-state index contributed by atoms with van der Waals surface area (Å²) in [6, 6.07) is 13.0. The number of nitrogens with zero attached hydrogens (tertiary/aromatic N) is 1. The third kappa shape index (κ3) is 5.83. The molecule has 0 saturated carbocycles. The molecule has 0 N–H and O–H groups in total. The zero-order valence-electron chi connectivity index (χ0n) is 19.0. The SMILES string of the molecule is CCOC(=O)C(OC(C)=O)(C(=O)OCC)C(CC(=O)c1ccc([N+](=O)[O-])cc1)c1ccccc1. The van der Waals surface area contributed by atoms with Gasteiger partial charge in [0, 0.05) is 31.0 Å². The minimum Gasteiger partial charge on any atom is -0.463 e. The minimum atomic E-state index is -2.59. The lowest BCUT2D eigenvalue weighted by Gasteiger charge is -2.35. The Labute approximate surface area is 196 Å². The summed E-state index contributed by atoms with van der Waals surface area (Å²) >= 11 is 0. The van der Waals surface area contributed by atoms with Crippen LogP contribution in [0.1, 0.15) is 49.0 Å². The van der Waals surface area contributed by atoms with Crippen LogP contribution in [0, 0.1) is 10.1 Å². The first kappa shape index (κ1) is 26.2. The van der Waals surface area contributed by atoms with E-state index in [1.54, 1.807) is 30.3 Å². The molecule has 1 unspecified atom stereocenters. The van der Waals surface area contributed by atoms with Crippen LogP contribution in [0.25, 0.3) is 0 Å². The van der Waals surface area contributed by atoms with Crippen molar-refractivity contribution in [3.63, 3.8) is 0 Å². The number of non-ortho nitro benzene ring substituents is 1. The van der Waals surface area contributed by atoms with Gasteiger partial charge in [0.2, 0.25) is 0 Å². The molecule has 0 spiro atoms. The highest BCUT2D eigenvalue weighted by molar-refractivity contribution is 6.08. The van der Waals surface area contributed by atoms with E-state index in [9.17, 15) is 29.3 Å². The van der Waals surface area contributed by atoms with Gasteiger partial charge in [-0.1, -0.05) is 30.3 Å². The third-order valence-corrected chi connectivity index (χ3v) is 4.94. The van der Waals surface area contributed by atoms with Crippen LogP contribution in [-0.2, 0) is 28.6 Å². The van der Waals surface area contributed by atoms with Crippen LogP contribution in [0.4, 0.5) is 5.69 Å². The van der Waals surface area contributed by atoms with Crippen LogP contribution in [0.5, 0.6) is 0 Å². The van der Waals surface area contributed by atoms with Crippen molar-refractivity contribution >= 4 is 29.4 Å². The van der Waals surface area contributed by atoms with E-state index in [0.29, 0.717) is 5.56 Å². The molecule has 0 heterocycles. The monoisotopic (exact) mass is 471 g/mol. The summed E-state index contributed by atoms with van der Waals surface area (Å²) in [4.78, 5) is 62.0. The number of nitro benzene ring substituents is 1. The van der Waals surface area contributed by atoms with Crippen molar-refractivity contribution in [1.82, 2.24) is 0 Å². The van der Waals surface area contributed by atoms with Gasteiger partial charge >= 0.3 is 23.5 Å². The quantitative estimate of drug-likeness (QED) is 0.120. The Morgan fingerprint density at radius 2 is 1.44 bits per heavy atom.